The highest BCUT2D eigenvalue weighted by molar-refractivity contribution is 6.20. The van der Waals surface area contributed by atoms with Crippen LogP contribution in [0.4, 0.5) is 0 Å². The summed E-state index contributed by atoms with van der Waals surface area (Å²) in [5.74, 6) is 0.848. The number of halogens is 1. The summed E-state index contributed by atoms with van der Waals surface area (Å²) in [5, 5.41) is 0.381. The fourth-order valence-corrected chi connectivity index (χ4v) is 3.78. The smallest absolute Gasteiger partial charge is 0.0344 e. The van der Waals surface area contributed by atoms with Crippen molar-refractivity contribution in [1.82, 2.24) is 0 Å². The zero-order chi connectivity index (χ0) is 11.9. The largest absolute Gasteiger partial charge is 0.123 e. The van der Waals surface area contributed by atoms with Gasteiger partial charge in [0, 0.05) is 5.38 Å². The van der Waals surface area contributed by atoms with E-state index in [0.717, 1.165) is 12.3 Å². The lowest BCUT2D eigenvalue weighted by Crippen LogP contribution is -2.18. The zero-order valence-electron chi connectivity index (χ0n) is 10.6. The van der Waals surface area contributed by atoms with Crippen molar-refractivity contribution < 1.29 is 0 Å². The lowest BCUT2D eigenvalue weighted by Gasteiger charge is -2.28. The lowest BCUT2D eigenvalue weighted by atomic mass is 9.77. The molecule has 1 heteroatoms. The van der Waals surface area contributed by atoms with Crippen molar-refractivity contribution in [3.05, 3.63) is 35.4 Å². The standard InChI is InChI=1S/C16H21Cl/c1-16(10-9-15(17)11-16)14-7-5-13(6-8-14)12-3-2-4-12/h5-8,12,15H,2-4,9-11H2,1H3. The molecular formula is C16H21Cl. The first-order chi connectivity index (χ1) is 8.17. The van der Waals surface area contributed by atoms with Gasteiger partial charge in [0.15, 0.2) is 0 Å². The Morgan fingerprint density at radius 1 is 1.12 bits per heavy atom. The van der Waals surface area contributed by atoms with Crippen LogP contribution in [0.25, 0.3) is 0 Å². The van der Waals surface area contributed by atoms with Crippen LogP contribution in [0.2, 0.25) is 0 Å². The van der Waals surface area contributed by atoms with E-state index in [0.29, 0.717) is 10.8 Å². The Kier molecular flexibility index (Phi) is 2.94. The Balaban J connectivity index is 1.79. The Morgan fingerprint density at radius 3 is 2.29 bits per heavy atom. The molecule has 0 spiro atoms. The first kappa shape index (κ1) is 11.6. The second-order valence-electron chi connectivity index (χ2n) is 6.15. The van der Waals surface area contributed by atoms with Gasteiger partial charge < -0.3 is 0 Å². The second-order valence-corrected chi connectivity index (χ2v) is 6.77. The maximum Gasteiger partial charge on any atom is 0.0344 e. The molecule has 0 radical (unpaired) electrons. The topological polar surface area (TPSA) is 0 Å². The summed E-state index contributed by atoms with van der Waals surface area (Å²) in [7, 11) is 0. The molecule has 2 saturated carbocycles. The predicted octanol–water partition coefficient (Wildman–Crippen LogP) is 5.00. The summed E-state index contributed by atoms with van der Waals surface area (Å²) in [6.45, 7) is 2.37. The van der Waals surface area contributed by atoms with Crippen LogP contribution in [0.5, 0.6) is 0 Å². The Hall–Kier alpha value is -0.490. The van der Waals surface area contributed by atoms with Gasteiger partial charge in [-0.25, -0.2) is 0 Å². The van der Waals surface area contributed by atoms with Gasteiger partial charge >= 0.3 is 0 Å². The van der Waals surface area contributed by atoms with Crippen molar-refractivity contribution in [3.63, 3.8) is 0 Å². The van der Waals surface area contributed by atoms with Crippen LogP contribution in [-0.4, -0.2) is 5.38 Å². The fraction of sp³-hybridized carbons (Fsp3) is 0.625. The molecule has 0 amide bonds. The maximum atomic E-state index is 6.26. The molecule has 2 unspecified atom stereocenters. The number of rotatable bonds is 2. The molecule has 2 atom stereocenters. The van der Waals surface area contributed by atoms with E-state index in [-0.39, 0.29) is 0 Å². The van der Waals surface area contributed by atoms with Gasteiger partial charge in [-0.05, 0) is 54.6 Å². The van der Waals surface area contributed by atoms with Crippen molar-refractivity contribution in [1.29, 1.82) is 0 Å². The Morgan fingerprint density at radius 2 is 1.82 bits per heavy atom. The van der Waals surface area contributed by atoms with Gasteiger partial charge in [-0.3, -0.25) is 0 Å². The van der Waals surface area contributed by atoms with E-state index in [1.165, 1.54) is 37.7 Å². The molecule has 0 heterocycles. The molecule has 0 aromatic heterocycles. The normalized spacial score (nSPS) is 33.6. The van der Waals surface area contributed by atoms with E-state index in [1.807, 2.05) is 0 Å². The van der Waals surface area contributed by atoms with Gasteiger partial charge in [0.25, 0.3) is 0 Å². The Labute approximate surface area is 109 Å². The van der Waals surface area contributed by atoms with Crippen molar-refractivity contribution in [3.8, 4) is 0 Å². The lowest BCUT2D eigenvalue weighted by molar-refractivity contribution is 0.419. The van der Waals surface area contributed by atoms with Crippen LogP contribution in [-0.2, 0) is 5.41 Å². The molecule has 2 aliphatic carbocycles. The number of hydrogen-bond acceptors (Lipinski definition) is 0. The van der Waals surface area contributed by atoms with E-state index in [4.69, 9.17) is 11.6 Å². The van der Waals surface area contributed by atoms with Crippen LogP contribution in [0.3, 0.4) is 0 Å². The quantitative estimate of drug-likeness (QED) is 0.646. The molecule has 17 heavy (non-hydrogen) atoms. The van der Waals surface area contributed by atoms with Crippen LogP contribution in [0, 0.1) is 0 Å². The van der Waals surface area contributed by atoms with Gasteiger partial charge in [0.05, 0.1) is 0 Å². The van der Waals surface area contributed by atoms with E-state index in [1.54, 1.807) is 5.56 Å². The summed E-state index contributed by atoms with van der Waals surface area (Å²) in [5.41, 5.74) is 3.36. The molecule has 0 N–H and O–H groups in total. The Bertz CT molecular complexity index is 390. The van der Waals surface area contributed by atoms with E-state index in [2.05, 4.69) is 31.2 Å². The predicted molar refractivity (Wildman–Crippen MR) is 73.9 cm³/mol. The number of alkyl halides is 1. The summed E-state index contributed by atoms with van der Waals surface area (Å²) < 4.78 is 0. The highest BCUT2D eigenvalue weighted by atomic mass is 35.5. The summed E-state index contributed by atoms with van der Waals surface area (Å²) in [6.07, 6.45) is 7.74. The highest BCUT2D eigenvalue weighted by Crippen LogP contribution is 2.43. The third kappa shape index (κ3) is 2.12. The highest BCUT2D eigenvalue weighted by Gasteiger charge is 2.35. The fourth-order valence-electron chi connectivity index (χ4n) is 3.33. The van der Waals surface area contributed by atoms with Crippen molar-refractivity contribution >= 4 is 11.6 Å². The zero-order valence-corrected chi connectivity index (χ0v) is 11.3. The molecule has 0 saturated heterocycles. The minimum absolute atomic E-state index is 0.324. The van der Waals surface area contributed by atoms with Crippen molar-refractivity contribution in [2.24, 2.45) is 0 Å². The van der Waals surface area contributed by atoms with Crippen LogP contribution >= 0.6 is 11.6 Å². The molecule has 2 fully saturated rings. The second kappa shape index (κ2) is 4.31. The number of hydrogen-bond donors (Lipinski definition) is 0. The first-order valence-corrected chi connectivity index (χ1v) is 7.35. The van der Waals surface area contributed by atoms with Crippen molar-refractivity contribution in [2.45, 2.75) is 62.2 Å². The molecule has 3 rings (SSSR count). The van der Waals surface area contributed by atoms with Gasteiger partial charge in [-0.1, -0.05) is 37.6 Å². The van der Waals surface area contributed by atoms with E-state index >= 15 is 0 Å². The van der Waals surface area contributed by atoms with Gasteiger partial charge in [0.2, 0.25) is 0 Å². The minimum atomic E-state index is 0.324. The van der Waals surface area contributed by atoms with Crippen LogP contribution in [0.1, 0.15) is 62.5 Å². The minimum Gasteiger partial charge on any atom is -0.123 e. The van der Waals surface area contributed by atoms with E-state index in [9.17, 15) is 0 Å². The molecule has 0 nitrogen and oxygen atoms in total. The summed E-state index contributed by atoms with van der Waals surface area (Å²) in [6, 6.07) is 9.41. The molecule has 0 bridgehead atoms. The molecule has 1 aromatic rings. The van der Waals surface area contributed by atoms with Gasteiger partial charge in [-0.15, -0.1) is 11.6 Å². The van der Waals surface area contributed by atoms with Crippen LogP contribution < -0.4 is 0 Å². The third-order valence-electron chi connectivity index (χ3n) is 4.87. The van der Waals surface area contributed by atoms with Crippen LogP contribution in [0.15, 0.2) is 24.3 Å². The maximum absolute atomic E-state index is 6.26. The molecular weight excluding hydrogens is 228 g/mol. The molecule has 92 valence electrons. The molecule has 2 aliphatic rings. The van der Waals surface area contributed by atoms with E-state index < -0.39 is 0 Å². The summed E-state index contributed by atoms with van der Waals surface area (Å²) >= 11 is 6.26. The van der Waals surface area contributed by atoms with Gasteiger partial charge in [-0.2, -0.15) is 0 Å². The first-order valence-electron chi connectivity index (χ1n) is 6.92. The monoisotopic (exact) mass is 248 g/mol. The number of benzene rings is 1. The van der Waals surface area contributed by atoms with Crippen molar-refractivity contribution in [2.75, 3.05) is 0 Å². The van der Waals surface area contributed by atoms with Gasteiger partial charge in [0.1, 0.15) is 0 Å². The average molecular weight is 249 g/mol. The SMILES string of the molecule is CC1(c2ccc(C3CCC3)cc2)CCC(Cl)C1. The molecule has 1 aromatic carbocycles. The average Bonchev–Trinajstić information content (AvgIpc) is 2.58. The molecule has 0 aliphatic heterocycles. The summed E-state index contributed by atoms with van der Waals surface area (Å²) in [4.78, 5) is 0. The third-order valence-corrected chi connectivity index (χ3v) is 5.24.